The Hall–Kier alpha value is -3.56. The van der Waals surface area contributed by atoms with E-state index in [9.17, 15) is 14.4 Å². The molecule has 0 spiro atoms. The average molecular weight is 595 g/mol. The maximum atomic E-state index is 13.5. The van der Waals surface area contributed by atoms with Gasteiger partial charge in [0.15, 0.2) is 0 Å². The van der Waals surface area contributed by atoms with Crippen molar-refractivity contribution in [2.45, 2.75) is 84.7 Å². The molecule has 2 aliphatic rings. The first kappa shape index (κ1) is 29.9. The second kappa shape index (κ2) is 11.3. The van der Waals surface area contributed by atoms with Gasteiger partial charge in [0.05, 0.1) is 16.8 Å². The number of fused-ring (bicyclic) bond motifs is 2. The van der Waals surface area contributed by atoms with Gasteiger partial charge in [0.2, 0.25) is 0 Å². The van der Waals surface area contributed by atoms with Crippen molar-refractivity contribution < 1.29 is 23.9 Å². The van der Waals surface area contributed by atoms with E-state index < -0.39 is 17.3 Å². The molecule has 0 radical (unpaired) electrons. The molecule has 0 saturated carbocycles. The molecule has 0 aliphatic carbocycles. The Balaban J connectivity index is 1.40. The highest BCUT2D eigenvalue weighted by atomic mass is 35.5. The second-order valence-corrected chi connectivity index (χ2v) is 13.5. The molecule has 1 aromatic heterocycles. The number of aromatic nitrogens is 1. The number of rotatable bonds is 4. The molecule has 0 atom stereocenters. The van der Waals surface area contributed by atoms with Gasteiger partial charge < -0.3 is 20.1 Å². The molecule has 3 aromatic rings. The minimum atomic E-state index is -0.700. The molecular formula is C32H39ClN4O5. The first-order valence-electron chi connectivity index (χ1n) is 14.4. The van der Waals surface area contributed by atoms with E-state index in [4.69, 9.17) is 21.1 Å². The number of alkyl carbamates (subject to hydrolysis) is 1. The molecule has 3 heterocycles. The lowest BCUT2D eigenvalue weighted by Gasteiger charge is -2.32. The molecule has 2 aromatic carbocycles. The van der Waals surface area contributed by atoms with Crippen molar-refractivity contribution in [3.05, 3.63) is 58.1 Å². The van der Waals surface area contributed by atoms with Gasteiger partial charge in [0, 0.05) is 53.8 Å². The lowest BCUT2D eigenvalue weighted by molar-refractivity contribution is 0.0475. The summed E-state index contributed by atoms with van der Waals surface area (Å²) in [5.41, 5.74) is 3.01. The summed E-state index contributed by atoms with van der Waals surface area (Å²) in [5.74, 6) is -0.214. The maximum absolute atomic E-state index is 13.5. The molecule has 1 saturated heterocycles. The minimum absolute atomic E-state index is 0.0855. The third kappa shape index (κ3) is 6.57. The van der Waals surface area contributed by atoms with E-state index in [0.717, 1.165) is 49.0 Å². The van der Waals surface area contributed by atoms with E-state index >= 15 is 0 Å². The Morgan fingerprint density at radius 1 is 1.00 bits per heavy atom. The summed E-state index contributed by atoms with van der Waals surface area (Å²) < 4.78 is 12.7. The van der Waals surface area contributed by atoms with Crippen LogP contribution in [0.15, 0.2) is 36.4 Å². The second-order valence-electron chi connectivity index (χ2n) is 13.1. The number of piperidine rings is 1. The van der Waals surface area contributed by atoms with Crippen LogP contribution in [-0.2, 0) is 22.6 Å². The lowest BCUT2D eigenvalue weighted by atomic mass is 10.00. The standard InChI is InChI=1S/C32H39ClN4O5/c1-31(2,3)41-29(39)35-21-11-13-36(14-12-21)18-19-7-10-25-20(15-19)16-26(37(25)30(40)42-32(4,5)6)22-8-9-24(33)23-17-34-28(38)27(22)23/h7-10,15-16,21H,11-14,17-18H2,1-6H3,(H,34,38)(H,35,39). The van der Waals surface area contributed by atoms with Crippen LogP contribution in [-0.4, -0.2) is 57.9 Å². The number of halogens is 1. The topological polar surface area (TPSA) is 102 Å². The summed E-state index contributed by atoms with van der Waals surface area (Å²) in [4.78, 5) is 40.9. The van der Waals surface area contributed by atoms with Crippen LogP contribution >= 0.6 is 11.6 Å². The molecule has 42 heavy (non-hydrogen) atoms. The summed E-state index contributed by atoms with van der Waals surface area (Å²) in [5, 5.41) is 7.22. The predicted molar refractivity (Wildman–Crippen MR) is 163 cm³/mol. The Kier molecular flexibility index (Phi) is 8.02. The number of nitrogens with zero attached hydrogens (tertiary/aromatic N) is 2. The molecule has 10 heteroatoms. The number of nitrogens with one attached hydrogen (secondary N) is 2. The first-order chi connectivity index (χ1) is 19.7. The van der Waals surface area contributed by atoms with Crippen LogP contribution in [0.1, 0.15) is 75.9 Å². The van der Waals surface area contributed by atoms with Gasteiger partial charge in [-0.3, -0.25) is 9.69 Å². The van der Waals surface area contributed by atoms with Crippen molar-refractivity contribution >= 4 is 40.6 Å². The Morgan fingerprint density at radius 2 is 1.69 bits per heavy atom. The van der Waals surface area contributed by atoms with E-state index in [0.29, 0.717) is 33.9 Å². The van der Waals surface area contributed by atoms with Gasteiger partial charge in [-0.05, 0) is 84.2 Å². The summed E-state index contributed by atoms with van der Waals surface area (Å²) >= 11 is 6.41. The molecule has 0 bridgehead atoms. The lowest BCUT2D eigenvalue weighted by Crippen LogP contribution is -2.45. The van der Waals surface area contributed by atoms with Gasteiger partial charge in [-0.2, -0.15) is 0 Å². The molecular weight excluding hydrogens is 556 g/mol. The summed E-state index contributed by atoms with van der Waals surface area (Å²) in [6, 6.07) is 11.6. The van der Waals surface area contributed by atoms with Crippen LogP contribution in [0.3, 0.4) is 0 Å². The van der Waals surface area contributed by atoms with Gasteiger partial charge in [-0.1, -0.05) is 23.7 Å². The van der Waals surface area contributed by atoms with Gasteiger partial charge in [0.1, 0.15) is 11.2 Å². The number of benzene rings is 2. The number of hydrogen-bond acceptors (Lipinski definition) is 6. The molecule has 2 amide bonds. The van der Waals surface area contributed by atoms with Crippen LogP contribution in [0, 0.1) is 0 Å². The van der Waals surface area contributed by atoms with Gasteiger partial charge in [0.25, 0.3) is 5.91 Å². The first-order valence-corrected chi connectivity index (χ1v) is 14.8. The fourth-order valence-corrected chi connectivity index (χ4v) is 5.78. The highest BCUT2D eigenvalue weighted by Gasteiger charge is 2.30. The van der Waals surface area contributed by atoms with E-state index in [-0.39, 0.29) is 18.0 Å². The molecule has 5 rings (SSSR count). The molecule has 2 N–H and O–H groups in total. The zero-order valence-electron chi connectivity index (χ0n) is 25.1. The molecule has 2 aliphatic heterocycles. The van der Waals surface area contributed by atoms with Crippen LogP contribution in [0.2, 0.25) is 5.02 Å². The fourth-order valence-electron chi connectivity index (χ4n) is 5.56. The smallest absolute Gasteiger partial charge is 0.419 e. The molecule has 1 fully saturated rings. The summed E-state index contributed by atoms with van der Waals surface area (Å²) in [7, 11) is 0. The highest BCUT2D eigenvalue weighted by Crippen LogP contribution is 2.37. The zero-order valence-corrected chi connectivity index (χ0v) is 25.9. The Morgan fingerprint density at radius 3 is 2.36 bits per heavy atom. The van der Waals surface area contributed by atoms with Crippen molar-refractivity contribution in [2.24, 2.45) is 0 Å². The van der Waals surface area contributed by atoms with Crippen molar-refractivity contribution in [1.82, 2.24) is 20.1 Å². The van der Waals surface area contributed by atoms with E-state index in [1.807, 2.05) is 59.7 Å². The Labute approximate surface area is 251 Å². The zero-order chi connectivity index (χ0) is 30.4. The monoisotopic (exact) mass is 594 g/mol. The van der Waals surface area contributed by atoms with Crippen molar-refractivity contribution in [3.8, 4) is 11.3 Å². The van der Waals surface area contributed by atoms with Gasteiger partial charge in [-0.25, -0.2) is 14.2 Å². The maximum Gasteiger partial charge on any atom is 0.419 e. The van der Waals surface area contributed by atoms with Crippen LogP contribution in [0.4, 0.5) is 9.59 Å². The third-order valence-corrected chi connectivity index (χ3v) is 7.70. The van der Waals surface area contributed by atoms with E-state index in [1.54, 1.807) is 16.7 Å². The minimum Gasteiger partial charge on any atom is -0.444 e. The van der Waals surface area contributed by atoms with E-state index in [1.165, 1.54) is 0 Å². The molecule has 224 valence electrons. The highest BCUT2D eigenvalue weighted by molar-refractivity contribution is 6.32. The van der Waals surface area contributed by atoms with Crippen LogP contribution in [0.25, 0.3) is 22.2 Å². The van der Waals surface area contributed by atoms with Crippen molar-refractivity contribution in [3.63, 3.8) is 0 Å². The number of amides is 2. The quantitative estimate of drug-likeness (QED) is 0.359. The number of carbonyl (C=O) groups excluding carboxylic acids is 3. The van der Waals surface area contributed by atoms with Gasteiger partial charge >= 0.3 is 12.2 Å². The fraction of sp³-hybridized carbons (Fsp3) is 0.469. The predicted octanol–water partition coefficient (Wildman–Crippen LogP) is 6.48. The van der Waals surface area contributed by atoms with Crippen LogP contribution in [0.5, 0.6) is 0 Å². The number of ether oxygens (including phenoxy) is 2. The largest absolute Gasteiger partial charge is 0.444 e. The summed E-state index contributed by atoms with van der Waals surface area (Å²) in [6.45, 7) is 13.8. The number of likely N-dealkylation sites (tertiary alicyclic amines) is 1. The SMILES string of the molecule is CC(C)(C)OC(=O)NC1CCN(Cc2ccc3c(c2)cc(-c2ccc(Cl)c4c2C(=O)NC4)n3C(=O)OC(C)(C)C)CC1. The van der Waals surface area contributed by atoms with Crippen LogP contribution < -0.4 is 10.6 Å². The van der Waals surface area contributed by atoms with E-state index in [2.05, 4.69) is 21.6 Å². The normalized spacial score (nSPS) is 16.3. The summed E-state index contributed by atoms with van der Waals surface area (Å²) in [6.07, 6.45) is 0.789. The number of carbonyl (C=O) groups is 3. The Bertz CT molecular complexity index is 1540. The third-order valence-electron chi connectivity index (χ3n) is 7.34. The van der Waals surface area contributed by atoms with Gasteiger partial charge in [-0.15, -0.1) is 0 Å². The van der Waals surface area contributed by atoms with Crippen molar-refractivity contribution in [1.29, 1.82) is 0 Å². The average Bonchev–Trinajstić information content (AvgIpc) is 3.45. The van der Waals surface area contributed by atoms with Crippen molar-refractivity contribution in [2.75, 3.05) is 13.1 Å². The molecule has 9 nitrogen and oxygen atoms in total. The molecule has 0 unspecified atom stereocenters. The number of hydrogen-bond donors (Lipinski definition) is 2.